The van der Waals surface area contributed by atoms with Crippen molar-refractivity contribution < 1.29 is 9.53 Å². The Hall–Kier alpha value is -1.35. The van der Waals surface area contributed by atoms with E-state index in [1.54, 1.807) is 7.05 Å². The summed E-state index contributed by atoms with van der Waals surface area (Å²) in [6.07, 6.45) is 5.63. The Bertz CT molecular complexity index is 592. The summed E-state index contributed by atoms with van der Waals surface area (Å²) >= 11 is 0. The fourth-order valence-electron chi connectivity index (χ4n) is 3.43. The molecule has 0 radical (unpaired) electrons. The highest BCUT2D eigenvalue weighted by atomic mass is 127. The maximum atomic E-state index is 11.9. The Morgan fingerprint density at radius 2 is 1.83 bits per heavy atom. The van der Waals surface area contributed by atoms with E-state index in [-0.39, 0.29) is 29.9 Å². The number of benzene rings is 1. The average molecular weight is 516 g/mol. The summed E-state index contributed by atoms with van der Waals surface area (Å²) in [6.45, 7) is 5.53. The Kier molecular flexibility index (Phi) is 13.7. The summed E-state index contributed by atoms with van der Waals surface area (Å²) in [5, 5.41) is 9.54. The number of hydrogen-bond donors (Lipinski definition) is 3. The predicted molar refractivity (Wildman–Crippen MR) is 130 cm³/mol. The normalized spacial score (nSPS) is 15.4. The molecule has 0 bridgehead atoms. The molecule has 1 aliphatic carbocycles. The van der Waals surface area contributed by atoms with Gasteiger partial charge in [-0.1, -0.05) is 50.1 Å². The van der Waals surface area contributed by atoms with Crippen molar-refractivity contribution in [2.24, 2.45) is 16.8 Å². The van der Waals surface area contributed by atoms with Crippen molar-refractivity contribution in [1.29, 1.82) is 0 Å². The van der Waals surface area contributed by atoms with Crippen LogP contribution in [0.4, 0.5) is 0 Å². The molecule has 6 nitrogen and oxygen atoms in total. The van der Waals surface area contributed by atoms with Crippen LogP contribution in [0.3, 0.4) is 0 Å². The van der Waals surface area contributed by atoms with Crippen molar-refractivity contribution in [3.63, 3.8) is 0 Å². The second-order valence-corrected chi connectivity index (χ2v) is 7.69. The van der Waals surface area contributed by atoms with E-state index >= 15 is 0 Å². The number of aliphatic imine (C=N–C) groups is 1. The number of rotatable bonds is 11. The van der Waals surface area contributed by atoms with E-state index in [0.717, 1.165) is 12.5 Å². The zero-order chi connectivity index (χ0) is 20.0. The maximum absolute atomic E-state index is 11.9. The lowest BCUT2D eigenvalue weighted by Crippen LogP contribution is -2.43. The third kappa shape index (κ3) is 11.4. The van der Waals surface area contributed by atoms with Gasteiger partial charge in [0.25, 0.3) is 0 Å². The van der Waals surface area contributed by atoms with Crippen LogP contribution in [-0.4, -0.2) is 45.2 Å². The fourth-order valence-corrected chi connectivity index (χ4v) is 3.43. The van der Waals surface area contributed by atoms with E-state index in [1.165, 1.54) is 31.2 Å². The molecule has 0 aliphatic heterocycles. The smallest absolute Gasteiger partial charge is 0.220 e. The molecule has 0 aromatic heterocycles. The van der Waals surface area contributed by atoms with Crippen molar-refractivity contribution in [3.8, 4) is 0 Å². The van der Waals surface area contributed by atoms with Gasteiger partial charge < -0.3 is 20.7 Å². The maximum Gasteiger partial charge on any atom is 0.220 e. The van der Waals surface area contributed by atoms with E-state index < -0.39 is 0 Å². The van der Waals surface area contributed by atoms with E-state index in [4.69, 9.17) is 4.74 Å². The van der Waals surface area contributed by atoms with Crippen LogP contribution in [0, 0.1) is 11.8 Å². The van der Waals surface area contributed by atoms with Gasteiger partial charge in [0.2, 0.25) is 5.91 Å². The SMILES string of the molecule is CN=C(NCCNC(=O)CC1CCCC1)NCC(C)COCc1ccccc1.I. The molecule has 1 aromatic rings. The molecule has 1 fully saturated rings. The Balaban J connectivity index is 0.00000420. The number of amides is 1. The first-order valence-electron chi connectivity index (χ1n) is 10.5. The molecule has 0 saturated heterocycles. The molecule has 1 saturated carbocycles. The molecule has 1 amide bonds. The standard InChI is InChI=1S/C22H36N4O2.HI/c1-18(16-28-17-20-10-4-3-5-11-20)15-26-22(23-2)25-13-12-24-21(27)14-19-8-6-7-9-19;/h3-5,10-11,18-19H,6-9,12-17H2,1-2H3,(H,24,27)(H2,23,25,26);1H. The minimum absolute atomic E-state index is 0. The topological polar surface area (TPSA) is 74.8 Å². The molecular weight excluding hydrogens is 479 g/mol. The number of hydrogen-bond acceptors (Lipinski definition) is 3. The van der Waals surface area contributed by atoms with Crippen LogP contribution < -0.4 is 16.0 Å². The first-order valence-corrected chi connectivity index (χ1v) is 10.5. The van der Waals surface area contributed by atoms with Crippen molar-refractivity contribution >= 4 is 35.8 Å². The number of nitrogens with one attached hydrogen (secondary N) is 3. The zero-order valence-corrected chi connectivity index (χ0v) is 20.1. The van der Waals surface area contributed by atoms with Gasteiger partial charge in [0.05, 0.1) is 13.2 Å². The van der Waals surface area contributed by atoms with Gasteiger partial charge in [-0.15, -0.1) is 24.0 Å². The summed E-state index contributed by atoms with van der Waals surface area (Å²) in [6, 6.07) is 10.2. The number of carbonyl (C=O) groups excluding carboxylic acids is 1. The van der Waals surface area contributed by atoms with Gasteiger partial charge in [-0.25, -0.2) is 0 Å². The van der Waals surface area contributed by atoms with Gasteiger partial charge in [-0.2, -0.15) is 0 Å². The Labute approximate surface area is 192 Å². The second-order valence-electron chi connectivity index (χ2n) is 7.69. The van der Waals surface area contributed by atoms with Crippen molar-refractivity contribution in [2.75, 3.05) is 33.3 Å². The monoisotopic (exact) mass is 516 g/mol. The third-order valence-electron chi connectivity index (χ3n) is 5.04. The van der Waals surface area contributed by atoms with Gasteiger partial charge in [-0.05, 0) is 30.2 Å². The molecule has 3 N–H and O–H groups in total. The van der Waals surface area contributed by atoms with Crippen molar-refractivity contribution in [3.05, 3.63) is 35.9 Å². The van der Waals surface area contributed by atoms with Crippen LogP contribution in [0.2, 0.25) is 0 Å². The molecule has 164 valence electrons. The molecule has 1 atom stereocenters. The van der Waals surface area contributed by atoms with E-state index in [1.807, 2.05) is 18.2 Å². The zero-order valence-electron chi connectivity index (χ0n) is 17.8. The minimum atomic E-state index is 0. The first-order chi connectivity index (χ1) is 13.7. The number of guanidine groups is 1. The summed E-state index contributed by atoms with van der Waals surface area (Å²) in [5.74, 6) is 1.88. The highest BCUT2D eigenvalue weighted by Crippen LogP contribution is 2.27. The molecule has 2 rings (SSSR count). The second kappa shape index (κ2) is 15.5. The van der Waals surface area contributed by atoms with Gasteiger partial charge in [0, 0.05) is 33.1 Å². The average Bonchev–Trinajstić information content (AvgIpc) is 3.21. The lowest BCUT2D eigenvalue weighted by molar-refractivity contribution is -0.121. The lowest BCUT2D eigenvalue weighted by Gasteiger charge is -2.16. The van der Waals surface area contributed by atoms with Crippen LogP contribution in [0.25, 0.3) is 0 Å². The molecule has 0 spiro atoms. The summed E-state index contributed by atoms with van der Waals surface area (Å²) in [4.78, 5) is 16.2. The first kappa shape index (κ1) is 25.7. The molecule has 1 aliphatic rings. The number of ether oxygens (including phenoxy) is 1. The molecule has 1 aromatic carbocycles. The number of halogens is 1. The number of carbonyl (C=O) groups is 1. The van der Waals surface area contributed by atoms with Crippen LogP contribution in [0.5, 0.6) is 0 Å². The van der Waals surface area contributed by atoms with Crippen molar-refractivity contribution in [1.82, 2.24) is 16.0 Å². The Morgan fingerprint density at radius 3 is 2.52 bits per heavy atom. The van der Waals surface area contributed by atoms with Crippen LogP contribution >= 0.6 is 24.0 Å². The van der Waals surface area contributed by atoms with Crippen LogP contribution in [0.1, 0.15) is 44.6 Å². The predicted octanol–water partition coefficient (Wildman–Crippen LogP) is 3.32. The van der Waals surface area contributed by atoms with Crippen molar-refractivity contribution in [2.45, 2.75) is 45.6 Å². The third-order valence-corrected chi connectivity index (χ3v) is 5.04. The van der Waals surface area contributed by atoms with Crippen LogP contribution in [-0.2, 0) is 16.1 Å². The van der Waals surface area contributed by atoms with E-state index in [0.29, 0.717) is 44.6 Å². The Morgan fingerprint density at radius 1 is 1.14 bits per heavy atom. The largest absolute Gasteiger partial charge is 0.376 e. The fraction of sp³-hybridized carbons (Fsp3) is 0.636. The van der Waals surface area contributed by atoms with Gasteiger partial charge in [0.15, 0.2) is 5.96 Å². The molecule has 1 unspecified atom stereocenters. The summed E-state index contributed by atoms with van der Waals surface area (Å²) in [7, 11) is 1.75. The lowest BCUT2D eigenvalue weighted by atomic mass is 10.0. The summed E-state index contributed by atoms with van der Waals surface area (Å²) < 4.78 is 5.78. The van der Waals surface area contributed by atoms with Gasteiger partial charge in [-0.3, -0.25) is 9.79 Å². The van der Waals surface area contributed by atoms with E-state index in [2.05, 4.69) is 40.0 Å². The highest BCUT2D eigenvalue weighted by Gasteiger charge is 2.17. The molecule has 7 heteroatoms. The minimum Gasteiger partial charge on any atom is -0.376 e. The molecule has 29 heavy (non-hydrogen) atoms. The molecular formula is C22H37IN4O2. The van der Waals surface area contributed by atoms with Crippen LogP contribution in [0.15, 0.2) is 35.3 Å². The quantitative estimate of drug-likeness (QED) is 0.183. The number of nitrogens with zero attached hydrogens (tertiary/aromatic N) is 1. The van der Waals surface area contributed by atoms with Gasteiger partial charge >= 0.3 is 0 Å². The van der Waals surface area contributed by atoms with Gasteiger partial charge in [0.1, 0.15) is 0 Å². The molecule has 0 heterocycles. The highest BCUT2D eigenvalue weighted by molar-refractivity contribution is 14.0. The van der Waals surface area contributed by atoms with E-state index in [9.17, 15) is 4.79 Å². The summed E-state index contributed by atoms with van der Waals surface area (Å²) in [5.41, 5.74) is 1.19.